The van der Waals surface area contributed by atoms with Crippen molar-refractivity contribution < 1.29 is 17.9 Å². The van der Waals surface area contributed by atoms with Gasteiger partial charge in [-0.2, -0.15) is 13.2 Å². The van der Waals surface area contributed by atoms with Crippen molar-refractivity contribution in [2.75, 3.05) is 13.7 Å². The summed E-state index contributed by atoms with van der Waals surface area (Å²) in [7, 11) is 1.51. The van der Waals surface area contributed by atoms with Crippen molar-refractivity contribution in [1.29, 1.82) is 0 Å². The van der Waals surface area contributed by atoms with Gasteiger partial charge >= 0.3 is 6.18 Å². The monoisotopic (exact) mass is 257 g/mol. The van der Waals surface area contributed by atoms with Crippen molar-refractivity contribution >= 4 is 0 Å². The highest BCUT2D eigenvalue weighted by Gasteiger charge is 2.69. The zero-order valence-corrected chi connectivity index (χ0v) is 10.00. The average molecular weight is 257 g/mol. The van der Waals surface area contributed by atoms with Crippen LogP contribution in [0.2, 0.25) is 0 Å². The van der Waals surface area contributed by atoms with E-state index < -0.39 is 11.9 Å². The Morgan fingerprint density at radius 1 is 1.22 bits per heavy atom. The number of epoxide rings is 1. The predicted molar refractivity (Wildman–Crippen MR) is 60.1 cm³/mol. The second-order valence-electron chi connectivity index (χ2n) is 5.01. The van der Waals surface area contributed by atoms with Crippen LogP contribution >= 0.6 is 0 Å². The molecule has 1 aliphatic carbocycles. The van der Waals surface area contributed by atoms with Gasteiger partial charge in [0.2, 0.25) is 5.72 Å². The molecule has 0 radical (unpaired) electrons. The molecule has 1 saturated heterocycles. The Morgan fingerprint density at radius 2 is 1.72 bits per heavy atom. The largest absolute Gasteiger partial charge is 0.433 e. The normalized spacial score (nSPS) is 27.6. The maximum absolute atomic E-state index is 13.0. The number of likely N-dealkylation sites (N-methyl/N-ethyl adjacent to an activating group) is 1. The van der Waals surface area contributed by atoms with E-state index >= 15 is 0 Å². The number of nitrogens with zero attached hydrogens (tertiary/aromatic N) is 1. The fourth-order valence-electron chi connectivity index (χ4n) is 2.74. The molecule has 1 aliphatic heterocycles. The zero-order valence-electron chi connectivity index (χ0n) is 10.00. The maximum atomic E-state index is 13.0. The van der Waals surface area contributed by atoms with Crippen molar-refractivity contribution in [2.45, 2.75) is 30.8 Å². The lowest BCUT2D eigenvalue weighted by Gasteiger charge is -2.31. The summed E-state index contributed by atoms with van der Waals surface area (Å²) in [5.74, 6) is 0. The van der Waals surface area contributed by atoms with Crippen LogP contribution in [0.15, 0.2) is 24.3 Å². The Labute approximate surface area is 103 Å². The van der Waals surface area contributed by atoms with Crippen LogP contribution in [0.1, 0.15) is 11.1 Å². The number of benzene rings is 1. The van der Waals surface area contributed by atoms with E-state index in [1.165, 1.54) is 11.9 Å². The second-order valence-corrected chi connectivity index (χ2v) is 5.01. The first kappa shape index (κ1) is 12.0. The summed E-state index contributed by atoms with van der Waals surface area (Å²) in [4.78, 5) is 1.35. The molecule has 1 fully saturated rings. The number of ether oxygens (including phenoxy) is 1. The lowest BCUT2D eigenvalue weighted by atomic mass is 10.1. The Morgan fingerprint density at radius 3 is 2.11 bits per heavy atom. The summed E-state index contributed by atoms with van der Waals surface area (Å²) in [5.41, 5.74) is 0.249. The van der Waals surface area contributed by atoms with Crippen molar-refractivity contribution in [3.8, 4) is 0 Å². The summed E-state index contributed by atoms with van der Waals surface area (Å²) < 4.78 is 43.6. The molecule has 18 heavy (non-hydrogen) atoms. The Hall–Kier alpha value is -1.07. The Bertz CT molecular complexity index is 443. The molecule has 1 unspecified atom stereocenters. The van der Waals surface area contributed by atoms with E-state index in [0.29, 0.717) is 12.8 Å². The van der Waals surface area contributed by atoms with Gasteiger partial charge in [0, 0.05) is 6.04 Å². The van der Waals surface area contributed by atoms with Gasteiger partial charge in [-0.1, -0.05) is 24.3 Å². The molecule has 1 aromatic rings. The van der Waals surface area contributed by atoms with E-state index in [4.69, 9.17) is 4.74 Å². The minimum atomic E-state index is -4.32. The third kappa shape index (κ3) is 1.65. The van der Waals surface area contributed by atoms with Gasteiger partial charge in [-0.05, 0) is 31.0 Å². The third-order valence-electron chi connectivity index (χ3n) is 4.01. The average Bonchev–Trinajstić information content (AvgIpc) is 3.01. The van der Waals surface area contributed by atoms with Gasteiger partial charge in [-0.25, -0.2) is 0 Å². The van der Waals surface area contributed by atoms with Crippen molar-refractivity contribution in [1.82, 2.24) is 4.90 Å². The van der Waals surface area contributed by atoms with Gasteiger partial charge in [0.1, 0.15) is 6.61 Å². The Kier molecular flexibility index (Phi) is 2.47. The van der Waals surface area contributed by atoms with Gasteiger partial charge in [-0.15, -0.1) is 0 Å². The molecular formula is C13H14F3NO. The van der Waals surface area contributed by atoms with Gasteiger partial charge in [0.15, 0.2) is 0 Å². The molecule has 2 aliphatic rings. The predicted octanol–water partition coefficient (Wildman–Crippen LogP) is 2.37. The van der Waals surface area contributed by atoms with Gasteiger partial charge in [0.25, 0.3) is 0 Å². The van der Waals surface area contributed by atoms with Crippen LogP contribution in [0, 0.1) is 0 Å². The van der Waals surface area contributed by atoms with E-state index in [-0.39, 0.29) is 12.6 Å². The molecule has 0 saturated carbocycles. The van der Waals surface area contributed by atoms with E-state index in [1.807, 2.05) is 24.3 Å². The SMILES string of the molecule is CN(C1Cc2ccccc2C1)C1(C(F)(F)F)CO1. The fourth-order valence-corrected chi connectivity index (χ4v) is 2.74. The first-order chi connectivity index (χ1) is 8.44. The molecule has 0 aromatic heterocycles. The fraction of sp³-hybridized carbons (Fsp3) is 0.538. The highest BCUT2D eigenvalue weighted by atomic mass is 19.4. The smallest absolute Gasteiger partial charge is 0.345 e. The number of hydrogen-bond donors (Lipinski definition) is 0. The minimum absolute atomic E-state index is 0.133. The van der Waals surface area contributed by atoms with Gasteiger partial charge in [0.05, 0.1) is 0 Å². The summed E-state index contributed by atoms with van der Waals surface area (Å²) in [6, 6.07) is 7.68. The molecule has 3 rings (SSSR count). The van der Waals surface area contributed by atoms with Crippen molar-refractivity contribution in [3.63, 3.8) is 0 Å². The topological polar surface area (TPSA) is 15.8 Å². The minimum Gasteiger partial charge on any atom is -0.345 e. The standard InChI is InChI=1S/C13H14F3NO/c1-17(12(8-18-12)13(14,15)16)11-6-9-4-2-3-5-10(9)7-11/h2-5,11H,6-8H2,1H3. The zero-order chi connectivity index (χ0) is 13.0. The van der Waals surface area contributed by atoms with E-state index in [2.05, 4.69) is 0 Å². The molecule has 0 bridgehead atoms. The lowest BCUT2D eigenvalue weighted by molar-refractivity contribution is -0.229. The maximum Gasteiger partial charge on any atom is 0.433 e. The molecular weight excluding hydrogens is 243 g/mol. The molecule has 0 spiro atoms. The van der Waals surface area contributed by atoms with E-state index in [1.54, 1.807) is 0 Å². The summed E-state index contributed by atoms with van der Waals surface area (Å²) in [6.07, 6.45) is -3.00. The van der Waals surface area contributed by atoms with Crippen molar-refractivity contribution in [3.05, 3.63) is 35.4 Å². The number of hydrogen-bond acceptors (Lipinski definition) is 2. The molecule has 1 heterocycles. The van der Waals surface area contributed by atoms with Crippen LogP contribution in [0.3, 0.4) is 0 Å². The molecule has 1 aromatic carbocycles. The molecule has 0 N–H and O–H groups in total. The third-order valence-corrected chi connectivity index (χ3v) is 4.01. The Balaban J connectivity index is 1.79. The molecule has 2 nitrogen and oxygen atoms in total. The molecule has 98 valence electrons. The van der Waals surface area contributed by atoms with Crippen LogP contribution in [0.25, 0.3) is 0 Å². The first-order valence-corrected chi connectivity index (χ1v) is 5.94. The molecule has 1 atom stereocenters. The van der Waals surface area contributed by atoms with E-state index in [9.17, 15) is 13.2 Å². The summed E-state index contributed by atoms with van der Waals surface area (Å²) in [5, 5.41) is 0. The number of rotatable bonds is 2. The number of halogens is 3. The van der Waals surface area contributed by atoms with Crippen LogP contribution in [-0.2, 0) is 17.6 Å². The molecule has 0 amide bonds. The lowest BCUT2D eigenvalue weighted by Crippen LogP contribution is -2.52. The highest BCUT2D eigenvalue weighted by molar-refractivity contribution is 5.33. The van der Waals surface area contributed by atoms with Crippen LogP contribution in [-0.4, -0.2) is 36.5 Å². The number of fused-ring (bicyclic) bond motifs is 1. The van der Waals surface area contributed by atoms with Crippen LogP contribution in [0.4, 0.5) is 13.2 Å². The van der Waals surface area contributed by atoms with Crippen molar-refractivity contribution in [2.24, 2.45) is 0 Å². The first-order valence-electron chi connectivity index (χ1n) is 5.94. The van der Waals surface area contributed by atoms with E-state index in [0.717, 1.165) is 11.1 Å². The van der Waals surface area contributed by atoms with Gasteiger partial charge < -0.3 is 4.74 Å². The quantitative estimate of drug-likeness (QED) is 0.756. The second kappa shape index (κ2) is 3.71. The van der Waals surface area contributed by atoms with Gasteiger partial charge in [-0.3, -0.25) is 4.90 Å². The number of alkyl halides is 3. The van der Waals surface area contributed by atoms with Crippen LogP contribution < -0.4 is 0 Å². The van der Waals surface area contributed by atoms with Crippen LogP contribution in [0.5, 0.6) is 0 Å². The summed E-state index contributed by atoms with van der Waals surface area (Å²) in [6.45, 7) is -0.250. The molecule has 5 heteroatoms. The summed E-state index contributed by atoms with van der Waals surface area (Å²) >= 11 is 0. The highest BCUT2D eigenvalue weighted by Crippen LogP contribution is 2.47.